The first kappa shape index (κ1) is 12.0. The third kappa shape index (κ3) is 2.71. The molecule has 0 amide bonds. The second kappa shape index (κ2) is 5.13. The lowest BCUT2D eigenvalue weighted by molar-refractivity contribution is 0.624. The molecule has 0 aromatic heterocycles. The van der Waals surface area contributed by atoms with Gasteiger partial charge in [-0.3, -0.25) is 0 Å². The number of alkyl halides is 1. The lowest BCUT2D eigenvalue weighted by Gasteiger charge is -2.17. The Labute approximate surface area is 97.6 Å². The van der Waals surface area contributed by atoms with E-state index in [0.717, 1.165) is 12.0 Å². The van der Waals surface area contributed by atoms with Crippen molar-refractivity contribution in [2.75, 3.05) is 0 Å². The number of benzene rings is 1. The molecule has 0 nitrogen and oxygen atoms in total. The van der Waals surface area contributed by atoms with Crippen molar-refractivity contribution in [2.45, 2.75) is 31.0 Å². The Morgan fingerprint density at radius 1 is 1.50 bits per heavy atom. The maximum absolute atomic E-state index is 12.9. The summed E-state index contributed by atoms with van der Waals surface area (Å²) >= 11 is 9.30. The summed E-state index contributed by atoms with van der Waals surface area (Å²) in [6, 6.07) is 4.91. The smallest absolute Gasteiger partial charge is 0.141 e. The van der Waals surface area contributed by atoms with Gasteiger partial charge in [0.15, 0.2) is 0 Å². The number of hydrogen-bond donors (Lipinski definition) is 0. The van der Waals surface area contributed by atoms with Crippen LogP contribution in [0.3, 0.4) is 0 Å². The van der Waals surface area contributed by atoms with Gasteiger partial charge in [-0.15, -0.1) is 0 Å². The van der Waals surface area contributed by atoms with Crippen LogP contribution in [0.4, 0.5) is 4.39 Å². The topological polar surface area (TPSA) is 0 Å². The van der Waals surface area contributed by atoms with Gasteiger partial charge in [0.1, 0.15) is 5.82 Å². The Hall–Kier alpha value is -0.0800. The van der Waals surface area contributed by atoms with E-state index in [1.54, 1.807) is 12.1 Å². The Morgan fingerprint density at radius 2 is 2.14 bits per heavy atom. The Kier molecular flexibility index (Phi) is 4.39. The van der Waals surface area contributed by atoms with Crippen LogP contribution in [0.2, 0.25) is 5.02 Å². The monoisotopic (exact) mass is 278 g/mol. The first-order valence-corrected chi connectivity index (χ1v) is 5.94. The number of rotatable bonds is 3. The zero-order valence-corrected chi connectivity index (χ0v) is 10.6. The average Bonchev–Trinajstić information content (AvgIpc) is 2.20. The molecule has 1 aromatic rings. The molecule has 0 heterocycles. The van der Waals surface area contributed by atoms with E-state index in [4.69, 9.17) is 11.6 Å². The van der Waals surface area contributed by atoms with Crippen LogP contribution in [0.25, 0.3) is 0 Å². The molecule has 0 aliphatic rings. The molecular formula is C11H13BrClF. The average molecular weight is 280 g/mol. The van der Waals surface area contributed by atoms with E-state index in [9.17, 15) is 4.39 Å². The number of hydrogen-bond acceptors (Lipinski definition) is 0. The lowest BCUT2D eigenvalue weighted by atomic mass is 9.96. The molecule has 0 fully saturated rings. The predicted octanol–water partition coefficient (Wildman–Crippen LogP) is 4.76. The quantitative estimate of drug-likeness (QED) is 0.700. The zero-order valence-electron chi connectivity index (χ0n) is 8.23. The Morgan fingerprint density at radius 3 is 2.64 bits per heavy atom. The summed E-state index contributed by atoms with van der Waals surface area (Å²) in [6.45, 7) is 4.22. The van der Waals surface area contributed by atoms with Crippen LogP contribution in [0.15, 0.2) is 18.2 Å². The largest absolute Gasteiger partial charge is 0.205 e. The van der Waals surface area contributed by atoms with Gasteiger partial charge in [0.05, 0.1) is 5.02 Å². The van der Waals surface area contributed by atoms with E-state index in [-0.39, 0.29) is 10.8 Å². The number of halogens is 3. The Balaban J connectivity index is 2.91. The molecule has 14 heavy (non-hydrogen) atoms. The molecule has 78 valence electrons. The fourth-order valence-corrected chi connectivity index (χ4v) is 1.85. The molecule has 0 bridgehead atoms. The molecule has 1 aromatic carbocycles. The van der Waals surface area contributed by atoms with Gasteiger partial charge in [-0.2, -0.15) is 0 Å². The molecular weight excluding hydrogens is 266 g/mol. The highest BCUT2D eigenvalue weighted by molar-refractivity contribution is 9.09. The van der Waals surface area contributed by atoms with Gasteiger partial charge < -0.3 is 0 Å². The van der Waals surface area contributed by atoms with Crippen molar-refractivity contribution in [2.24, 2.45) is 0 Å². The highest BCUT2D eigenvalue weighted by Gasteiger charge is 2.15. The highest BCUT2D eigenvalue weighted by Crippen LogP contribution is 2.29. The van der Waals surface area contributed by atoms with E-state index in [0.29, 0.717) is 10.7 Å². The van der Waals surface area contributed by atoms with Crippen LogP contribution in [-0.4, -0.2) is 4.83 Å². The van der Waals surface area contributed by atoms with Gasteiger partial charge in [-0.05, 0) is 30.0 Å². The molecule has 0 N–H and O–H groups in total. The zero-order chi connectivity index (χ0) is 10.7. The van der Waals surface area contributed by atoms with Crippen molar-refractivity contribution >= 4 is 27.5 Å². The van der Waals surface area contributed by atoms with E-state index >= 15 is 0 Å². The van der Waals surface area contributed by atoms with Gasteiger partial charge in [0.25, 0.3) is 0 Å². The Bertz CT molecular complexity index is 314. The molecule has 0 saturated heterocycles. The van der Waals surface area contributed by atoms with Crippen LogP contribution in [-0.2, 0) is 0 Å². The normalized spacial score (nSPS) is 15.2. The third-order valence-electron chi connectivity index (χ3n) is 2.40. The molecule has 0 aliphatic heterocycles. The first-order valence-electron chi connectivity index (χ1n) is 4.65. The van der Waals surface area contributed by atoms with Crippen LogP contribution in [0.1, 0.15) is 31.7 Å². The molecule has 0 saturated carbocycles. The van der Waals surface area contributed by atoms with Crippen LogP contribution < -0.4 is 0 Å². The van der Waals surface area contributed by atoms with Crippen LogP contribution in [0, 0.1) is 5.82 Å². The lowest BCUT2D eigenvalue weighted by Crippen LogP contribution is -2.07. The third-order valence-corrected chi connectivity index (χ3v) is 4.13. The minimum absolute atomic E-state index is 0.199. The molecule has 0 spiro atoms. The van der Waals surface area contributed by atoms with Crippen molar-refractivity contribution in [1.29, 1.82) is 0 Å². The first-order chi connectivity index (χ1) is 6.56. The molecule has 2 atom stereocenters. The summed E-state index contributed by atoms with van der Waals surface area (Å²) in [5.74, 6) is -0.0108. The summed E-state index contributed by atoms with van der Waals surface area (Å²) in [6.07, 6.45) is 1.04. The second-order valence-corrected chi connectivity index (χ2v) is 4.97. The van der Waals surface area contributed by atoms with Crippen molar-refractivity contribution in [1.82, 2.24) is 0 Å². The van der Waals surface area contributed by atoms with Crippen molar-refractivity contribution < 1.29 is 4.39 Å². The predicted molar refractivity (Wildman–Crippen MR) is 62.8 cm³/mol. The minimum Gasteiger partial charge on any atom is -0.205 e. The van der Waals surface area contributed by atoms with Gasteiger partial charge in [-0.25, -0.2) is 4.39 Å². The molecule has 2 unspecified atom stereocenters. The minimum atomic E-state index is -0.356. The van der Waals surface area contributed by atoms with Crippen molar-refractivity contribution in [3.8, 4) is 0 Å². The molecule has 1 rings (SSSR count). The summed E-state index contributed by atoms with van der Waals surface area (Å²) < 4.78 is 12.9. The fourth-order valence-electron chi connectivity index (χ4n) is 1.36. The van der Waals surface area contributed by atoms with Gasteiger partial charge in [-0.1, -0.05) is 47.4 Å². The highest BCUT2D eigenvalue weighted by atomic mass is 79.9. The van der Waals surface area contributed by atoms with E-state index < -0.39 is 0 Å². The van der Waals surface area contributed by atoms with E-state index in [1.165, 1.54) is 6.07 Å². The summed E-state index contributed by atoms with van der Waals surface area (Å²) in [5, 5.41) is 0.199. The summed E-state index contributed by atoms with van der Waals surface area (Å²) in [5.41, 5.74) is 1.07. The summed E-state index contributed by atoms with van der Waals surface area (Å²) in [7, 11) is 0. The standard InChI is InChI=1S/C11H13BrClF/c1-3-9(12)7(2)8-4-5-11(14)10(13)6-8/h4-7,9H,3H2,1-2H3. The van der Waals surface area contributed by atoms with Crippen LogP contribution in [0.5, 0.6) is 0 Å². The maximum Gasteiger partial charge on any atom is 0.141 e. The van der Waals surface area contributed by atoms with Gasteiger partial charge in [0, 0.05) is 4.83 Å². The van der Waals surface area contributed by atoms with Crippen molar-refractivity contribution in [3.63, 3.8) is 0 Å². The second-order valence-electron chi connectivity index (χ2n) is 3.39. The van der Waals surface area contributed by atoms with Gasteiger partial charge in [0.2, 0.25) is 0 Å². The van der Waals surface area contributed by atoms with Gasteiger partial charge >= 0.3 is 0 Å². The van der Waals surface area contributed by atoms with Crippen LogP contribution >= 0.6 is 27.5 Å². The van der Waals surface area contributed by atoms with Crippen molar-refractivity contribution in [3.05, 3.63) is 34.6 Å². The molecule has 0 radical (unpaired) electrons. The van der Waals surface area contributed by atoms with E-state index in [2.05, 4.69) is 29.8 Å². The molecule has 0 aliphatic carbocycles. The van der Waals surface area contributed by atoms with E-state index in [1.807, 2.05) is 0 Å². The fraction of sp³-hybridized carbons (Fsp3) is 0.455. The molecule has 3 heteroatoms. The summed E-state index contributed by atoms with van der Waals surface area (Å²) in [4.78, 5) is 0.407. The SMILES string of the molecule is CCC(Br)C(C)c1ccc(F)c(Cl)c1. The maximum atomic E-state index is 12.9.